The third kappa shape index (κ3) is 11.4. The van der Waals surface area contributed by atoms with Crippen molar-refractivity contribution in [2.45, 2.75) is 0 Å². The number of anilines is 6. The molecule has 0 amide bonds. The van der Waals surface area contributed by atoms with Crippen molar-refractivity contribution in [1.82, 2.24) is 9.13 Å². The Morgan fingerprint density at radius 2 is 0.543 bits per heavy atom. The second kappa shape index (κ2) is 27.5. The fourth-order valence-corrected chi connectivity index (χ4v) is 19.9. The summed E-state index contributed by atoms with van der Waals surface area (Å²) in [5, 5.41) is 14.6. The van der Waals surface area contributed by atoms with E-state index in [0.29, 0.717) is 0 Å². The molecule has 0 aliphatic carbocycles. The first kappa shape index (κ1) is 66.9. The number of rotatable bonds is 12. The maximum atomic E-state index is 6.38. The third-order valence-electron chi connectivity index (χ3n) is 23.2. The quantitative estimate of drug-likeness (QED) is 0.122. The Balaban J connectivity index is 0.000000137. The van der Waals surface area contributed by atoms with Gasteiger partial charge < -0.3 is 27.8 Å². The molecular weight excluding hydrogens is 1450 g/mol. The summed E-state index contributed by atoms with van der Waals surface area (Å²) >= 11 is 3.71. The minimum atomic E-state index is 0.895. The standard InChI is InChI=1S/2C54H34N2OS/c1-2-10-35(11-3-1)36-18-23-39(24-19-36)55(40-25-20-37(21-26-40)38-22-33-52-47(34-38)44-13-6-9-17-51(44)58-52)41-27-29-42(30-28-41)56-48-15-7-4-12-43(48)45-31-32-50-53(54(45)56)46-14-5-8-16-49(46)57-50;1-2-10-35(11-3-1)36-18-23-39(24-19-36)55(40-25-20-37(21-26-40)38-22-31-54-48(32-38)45-14-6-9-17-53(45)58-54)41-27-29-42(30-28-41)56-49-15-7-4-12-43(49)46-34-52-47(33-50(46)56)44-13-5-8-16-51(44)57-52/h2*1-34H. The molecule has 6 aromatic heterocycles. The summed E-state index contributed by atoms with van der Waals surface area (Å²) in [6.07, 6.45) is 0. The molecule has 6 nitrogen and oxygen atoms in total. The molecule has 0 spiro atoms. The molecular formula is C108H68N4O2S2. The number of thiophene rings is 2. The predicted molar refractivity (Wildman–Crippen MR) is 493 cm³/mol. The molecule has 0 N–H and O–H groups in total. The number of aromatic nitrogens is 2. The van der Waals surface area contributed by atoms with E-state index < -0.39 is 0 Å². The first-order chi connectivity index (χ1) is 57.5. The lowest BCUT2D eigenvalue weighted by Gasteiger charge is -2.26. The van der Waals surface area contributed by atoms with Gasteiger partial charge in [0.05, 0.1) is 27.5 Å². The van der Waals surface area contributed by atoms with Crippen molar-refractivity contribution in [2.24, 2.45) is 0 Å². The Morgan fingerprint density at radius 3 is 1.04 bits per heavy atom. The fraction of sp³-hybridized carbons (Fsp3) is 0. The van der Waals surface area contributed by atoms with Crippen LogP contribution in [0, 0.1) is 0 Å². The van der Waals surface area contributed by atoms with Crippen molar-refractivity contribution in [3.05, 3.63) is 413 Å². The SMILES string of the molecule is c1ccc(-c2ccc(N(c3ccc(-c4ccc5sc6ccccc6c5c4)cc3)c3ccc(-n4c5ccccc5c5cc6oc7ccccc7c6cc54)cc3)cc2)cc1.c1ccc(-c2ccc(N(c3ccc(-c4ccc5sc6ccccc6c5c4)cc3)c3ccc(-n4c5ccccc5c5ccc6oc7ccccc7c6c54)cc3)cc2)cc1. The van der Waals surface area contributed by atoms with Crippen molar-refractivity contribution in [3.63, 3.8) is 0 Å². The van der Waals surface area contributed by atoms with E-state index in [1.54, 1.807) is 0 Å². The van der Waals surface area contributed by atoms with Crippen molar-refractivity contribution in [3.8, 4) is 55.9 Å². The number of fused-ring (bicyclic) bond motifs is 19. The highest BCUT2D eigenvalue weighted by Crippen LogP contribution is 2.47. The molecule has 0 fully saturated rings. The maximum absolute atomic E-state index is 6.38. The normalized spacial score (nSPS) is 11.8. The Hall–Kier alpha value is -14.8. The molecule has 6 heterocycles. The first-order valence-electron chi connectivity index (χ1n) is 39.3. The molecule has 0 aliphatic heterocycles. The smallest absolute Gasteiger partial charge is 0.137 e. The van der Waals surface area contributed by atoms with E-state index in [2.05, 4.69) is 413 Å². The Morgan fingerprint density at radius 1 is 0.190 bits per heavy atom. The van der Waals surface area contributed by atoms with Crippen LogP contribution in [0.2, 0.25) is 0 Å². The van der Waals surface area contributed by atoms with Gasteiger partial charge >= 0.3 is 0 Å². The van der Waals surface area contributed by atoms with Crippen molar-refractivity contribution in [2.75, 3.05) is 9.80 Å². The summed E-state index contributed by atoms with van der Waals surface area (Å²) in [6.45, 7) is 0. The highest BCUT2D eigenvalue weighted by atomic mass is 32.1. The zero-order chi connectivity index (χ0) is 76.3. The van der Waals surface area contributed by atoms with Crippen LogP contribution < -0.4 is 9.80 Å². The lowest BCUT2D eigenvalue weighted by molar-refractivity contribution is 0.669. The van der Waals surface area contributed by atoms with Crippen LogP contribution in [0.15, 0.2) is 421 Å². The second-order valence-electron chi connectivity index (χ2n) is 29.8. The highest BCUT2D eigenvalue weighted by molar-refractivity contribution is 7.26. The van der Waals surface area contributed by atoms with Gasteiger partial charge in [0.25, 0.3) is 0 Å². The Bertz CT molecular complexity index is 7910. The van der Waals surface area contributed by atoms with Gasteiger partial charge in [-0.1, -0.05) is 231 Å². The largest absolute Gasteiger partial charge is 0.456 e. The molecule has 24 rings (SSSR count). The monoisotopic (exact) mass is 1520 g/mol. The van der Waals surface area contributed by atoms with Crippen LogP contribution in [0.25, 0.3) is 184 Å². The van der Waals surface area contributed by atoms with Crippen molar-refractivity contribution >= 4 is 185 Å². The minimum Gasteiger partial charge on any atom is -0.456 e. The molecule has 544 valence electrons. The Labute approximate surface area is 675 Å². The molecule has 24 aromatic rings. The summed E-state index contributed by atoms with van der Waals surface area (Å²) < 4.78 is 22.8. The molecule has 8 heteroatoms. The van der Waals surface area contributed by atoms with Gasteiger partial charge in [-0.2, -0.15) is 0 Å². The average molecular weight is 1520 g/mol. The van der Waals surface area contributed by atoms with Gasteiger partial charge in [0.1, 0.15) is 22.3 Å². The van der Waals surface area contributed by atoms with Gasteiger partial charge in [-0.25, -0.2) is 0 Å². The lowest BCUT2D eigenvalue weighted by atomic mass is 10.0. The molecule has 116 heavy (non-hydrogen) atoms. The van der Waals surface area contributed by atoms with Crippen LogP contribution in [0.4, 0.5) is 34.1 Å². The zero-order valence-electron chi connectivity index (χ0n) is 62.7. The summed E-state index contributed by atoms with van der Waals surface area (Å²) in [5.74, 6) is 0. The summed E-state index contributed by atoms with van der Waals surface area (Å²) in [5.41, 5.74) is 26.6. The van der Waals surface area contributed by atoms with E-state index >= 15 is 0 Å². The van der Waals surface area contributed by atoms with Crippen LogP contribution in [0.5, 0.6) is 0 Å². The molecule has 18 aromatic carbocycles. The van der Waals surface area contributed by atoms with Crippen molar-refractivity contribution < 1.29 is 8.83 Å². The molecule has 0 aliphatic rings. The van der Waals surface area contributed by atoms with E-state index in [9.17, 15) is 0 Å². The summed E-state index contributed by atoms with van der Waals surface area (Å²) in [7, 11) is 0. The average Bonchev–Trinajstić information content (AvgIpc) is 1.56. The van der Waals surface area contributed by atoms with Gasteiger partial charge in [-0.3, -0.25) is 0 Å². The first-order valence-corrected chi connectivity index (χ1v) is 41.0. The van der Waals surface area contributed by atoms with Crippen LogP contribution in [0.3, 0.4) is 0 Å². The third-order valence-corrected chi connectivity index (χ3v) is 25.5. The lowest BCUT2D eigenvalue weighted by Crippen LogP contribution is -2.10. The minimum absolute atomic E-state index is 0.895. The molecule has 0 atom stereocenters. The van der Waals surface area contributed by atoms with E-state index in [0.717, 1.165) is 100 Å². The fourth-order valence-electron chi connectivity index (χ4n) is 17.7. The molecule has 0 bridgehead atoms. The van der Waals surface area contributed by atoms with Crippen molar-refractivity contribution in [1.29, 1.82) is 0 Å². The maximum Gasteiger partial charge on any atom is 0.137 e. The highest BCUT2D eigenvalue weighted by Gasteiger charge is 2.23. The van der Waals surface area contributed by atoms with E-state index in [4.69, 9.17) is 8.83 Å². The summed E-state index contributed by atoms with van der Waals surface area (Å²) in [4.78, 5) is 4.70. The van der Waals surface area contributed by atoms with Gasteiger partial charge in [0, 0.05) is 124 Å². The van der Waals surface area contributed by atoms with Crippen LogP contribution >= 0.6 is 22.7 Å². The number of hydrogen-bond donors (Lipinski definition) is 0. The number of para-hydroxylation sites is 4. The number of nitrogens with zero attached hydrogens (tertiary/aromatic N) is 4. The van der Waals surface area contributed by atoms with Crippen LogP contribution in [-0.4, -0.2) is 9.13 Å². The predicted octanol–water partition coefficient (Wildman–Crippen LogP) is 31.7. The van der Waals surface area contributed by atoms with Gasteiger partial charge in [-0.05, 0) is 226 Å². The molecule has 0 unspecified atom stereocenters. The van der Waals surface area contributed by atoms with E-state index in [1.165, 1.54) is 117 Å². The number of furan rings is 2. The van der Waals surface area contributed by atoms with E-state index in [-0.39, 0.29) is 0 Å². The molecule has 0 saturated carbocycles. The van der Waals surface area contributed by atoms with Crippen LogP contribution in [-0.2, 0) is 0 Å². The number of benzene rings is 18. The topological polar surface area (TPSA) is 42.6 Å². The molecule has 0 radical (unpaired) electrons. The Kier molecular flexibility index (Phi) is 15.9. The van der Waals surface area contributed by atoms with Gasteiger partial charge in [0.2, 0.25) is 0 Å². The van der Waals surface area contributed by atoms with E-state index in [1.807, 2.05) is 40.9 Å². The molecule has 0 saturated heterocycles. The number of hydrogen-bond acceptors (Lipinski definition) is 6. The van der Waals surface area contributed by atoms with Crippen LogP contribution in [0.1, 0.15) is 0 Å². The van der Waals surface area contributed by atoms with Gasteiger partial charge in [-0.15, -0.1) is 22.7 Å². The summed E-state index contributed by atoms with van der Waals surface area (Å²) in [6, 6.07) is 149. The second-order valence-corrected chi connectivity index (χ2v) is 32.0. The zero-order valence-corrected chi connectivity index (χ0v) is 64.3. The van der Waals surface area contributed by atoms with Gasteiger partial charge in [0.15, 0.2) is 0 Å².